The van der Waals surface area contributed by atoms with Crippen molar-refractivity contribution in [2.45, 2.75) is 31.9 Å². The number of hydrogen-bond acceptors (Lipinski definition) is 3. The summed E-state index contributed by atoms with van der Waals surface area (Å²) in [5.41, 5.74) is 5.15. The average molecular weight is 215 g/mol. The summed E-state index contributed by atoms with van der Waals surface area (Å²) in [6.07, 6.45) is 0.396. The molecular weight excluding hydrogens is 198 g/mol. The molecule has 0 spiro atoms. The molecule has 86 valence electrons. The van der Waals surface area contributed by atoms with Gasteiger partial charge in [-0.3, -0.25) is 4.79 Å². The third-order valence-corrected chi connectivity index (χ3v) is 2.39. The lowest BCUT2D eigenvalue weighted by atomic mass is 10.2. The van der Waals surface area contributed by atoms with Crippen molar-refractivity contribution in [1.29, 1.82) is 0 Å². The molecule has 0 saturated carbocycles. The van der Waals surface area contributed by atoms with Gasteiger partial charge in [-0.05, 0) is 6.42 Å². The molecule has 0 bridgehead atoms. The Labute approximate surface area is 88.4 Å². The minimum Gasteiger partial charge on any atom is -0.391 e. The van der Waals surface area contributed by atoms with Crippen LogP contribution in [0.3, 0.4) is 0 Å². The number of β-amino-alcohol motifs (C(OH)–C–C–N with tert-alkyl or cyclic N) is 1. The van der Waals surface area contributed by atoms with E-state index in [1.807, 2.05) is 6.92 Å². The summed E-state index contributed by atoms with van der Waals surface area (Å²) in [6, 6.07) is -1.02. The number of hydrogen-bond donors (Lipinski definition) is 3. The van der Waals surface area contributed by atoms with E-state index < -0.39 is 18.1 Å². The third kappa shape index (κ3) is 2.82. The first-order chi connectivity index (χ1) is 7.06. The predicted molar refractivity (Wildman–Crippen MR) is 54.0 cm³/mol. The van der Waals surface area contributed by atoms with Crippen LogP contribution in [-0.4, -0.2) is 47.2 Å². The highest BCUT2D eigenvalue weighted by molar-refractivity contribution is 5.86. The molecule has 0 aromatic heterocycles. The molecule has 1 aliphatic heterocycles. The lowest BCUT2D eigenvalue weighted by molar-refractivity contribution is -0.121. The summed E-state index contributed by atoms with van der Waals surface area (Å²) >= 11 is 0. The van der Waals surface area contributed by atoms with Crippen molar-refractivity contribution in [3.05, 3.63) is 0 Å². The molecule has 6 heteroatoms. The summed E-state index contributed by atoms with van der Waals surface area (Å²) in [5, 5.41) is 12.0. The first kappa shape index (κ1) is 11.8. The molecule has 2 atom stereocenters. The van der Waals surface area contributed by atoms with Crippen molar-refractivity contribution in [2.75, 3.05) is 13.1 Å². The van der Waals surface area contributed by atoms with Crippen LogP contribution in [0.1, 0.15) is 19.8 Å². The fourth-order valence-electron chi connectivity index (χ4n) is 1.64. The molecule has 1 rings (SSSR count). The molecular formula is C9H17N3O3. The molecule has 3 amide bonds. The van der Waals surface area contributed by atoms with Gasteiger partial charge in [0.2, 0.25) is 5.91 Å². The van der Waals surface area contributed by atoms with Crippen molar-refractivity contribution in [3.63, 3.8) is 0 Å². The highest BCUT2D eigenvalue weighted by Gasteiger charge is 2.37. The first-order valence-electron chi connectivity index (χ1n) is 5.08. The van der Waals surface area contributed by atoms with Crippen molar-refractivity contribution in [3.8, 4) is 0 Å². The molecule has 6 nitrogen and oxygen atoms in total. The highest BCUT2D eigenvalue weighted by Crippen LogP contribution is 2.17. The Kier molecular flexibility index (Phi) is 3.90. The number of aliphatic hydroxyl groups is 1. The fourth-order valence-corrected chi connectivity index (χ4v) is 1.64. The molecule has 0 aromatic carbocycles. The van der Waals surface area contributed by atoms with Crippen LogP contribution in [0.25, 0.3) is 0 Å². The maximum absolute atomic E-state index is 11.6. The van der Waals surface area contributed by atoms with E-state index in [1.54, 1.807) is 0 Å². The van der Waals surface area contributed by atoms with Crippen LogP contribution in [0, 0.1) is 0 Å². The Morgan fingerprint density at radius 1 is 1.60 bits per heavy atom. The minimum atomic E-state index is -0.683. The van der Waals surface area contributed by atoms with Crippen LogP contribution in [0.2, 0.25) is 0 Å². The van der Waals surface area contributed by atoms with Gasteiger partial charge >= 0.3 is 6.03 Å². The Balaban J connectivity index is 2.58. The van der Waals surface area contributed by atoms with Crippen molar-refractivity contribution in [2.24, 2.45) is 5.73 Å². The number of nitrogens with zero attached hydrogens (tertiary/aromatic N) is 1. The molecule has 0 aliphatic carbocycles. The molecule has 1 fully saturated rings. The van der Waals surface area contributed by atoms with E-state index in [9.17, 15) is 14.7 Å². The van der Waals surface area contributed by atoms with Gasteiger partial charge in [0.25, 0.3) is 0 Å². The van der Waals surface area contributed by atoms with Crippen LogP contribution in [0.15, 0.2) is 0 Å². The predicted octanol–water partition coefficient (Wildman–Crippen LogP) is -0.973. The Hall–Kier alpha value is -1.30. The molecule has 15 heavy (non-hydrogen) atoms. The Morgan fingerprint density at radius 2 is 2.27 bits per heavy atom. The van der Waals surface area contributed by atoms with Crippen LogP contribution in [0.4, 0.5) is 4.79 Å². The van der Waals surface area contributed by atoms with Gasteiger partial charge in [-0.1, -0.05) is 6.92 Å². The van der Waals surface area contributed by atoms with E-state index in [4.69, 9.17) is 5.73 Å². The lowest BCUT2D eigenvalue weighted by Gasteiger charge is -2.21. The normalized spacial score (nSPS) is 25.3. The monoisotopic (exact) mass is 215 g/mol. The number of aliphatic hydroxyl groups excluding tert-OH is 1. The molecule has 1 aliphatic rings. The fraction of sp³-hybridized carbons (Fsp3) is 0.778. The number of nitrogens with two attached hydrogens (primary N) is 1. The average Bonchev–Trinajstić information content (AvgIpc) is 2.57. The van der Waals surface area contributed by atoms with E-state index in [0.717, 1.165) is 6.42 Å². The van der Waals surface area contributed by atoms with Crippen LogP contribution < -0.4 is 11.1 Å². The van der Waals surface area contributed by atoms with Gasteiger partial charge in [-0.15, -0.1) is 0 Å². The second-order valence-corrected chi connectivity index (χ2v) is 3.69. The molecule has 2 unspecified atom stereocenters. The summed E-state index contributed by atoms with van der Waals surface area (Å²) in [6.45, 7) is 2.66. The van der Waals surface area contributed by atoms with Gasteiger partial charge in [0.05, 0.1) is 6.10 Å². The smallest absolute Gasteiger partial charge is 0.318 e. The molecule has 1 saturated heterocycles. The largest absolute Gasteiger partial charge is 0.391 e. The van der Waals surface area contributed by atoms with Crippen LogP contribution >= 0.6 is 0 Å². The number of urea groups is 1. The number of carbonyl (C=O) groups excluding carboxylic acids is 2. The number of primary amides is 1. The summed E-state index contributed by atoms with van der Waals surface area (Å²) < 4.78 is 0. The number of nitrogens with one attached hydrogen (secondary N) is 1. The summed E-state index contributed by atoms with van der Waals surface area (Å²) in [5.74, 6) is -0.571. The molecule has 0 radical (unpaired) electrons. The van der Waals surface area contributed by atoms with Gasteiger partial charge in [0.15, 0.2) is 0 Å². The highest BCUT2D eigenvalue weighted by atomic mass is 16.3. The maximum Gasteiger partial charge on any atom is 0.318 e. The standard InChI is InChI=1S/C9H17N3O3/c1-2-3-11-9(15)12-5-6(13)4-7(12)8(10)14/h6-7,13H,2-5H2,1H3,(H2,10,14)(H,11,15). The zero-order valence-corrected chi connectivity index (χ0v) is 8.77. The lowest BCUT2D eigenvalue weighted by Crippen LogP contribution is -2.48. The topological polar surface area (TPSA) is 95.7 Å². The Morgan fingerprint density at radius 3 is 2.80 bits per heavy atom. The number of carbonyl (C=O) groups is 2. The third-order valence-electron chi connectivity index (χ3n) is 2.39. The number of likely N-dealkylation sites (tertiary alicyclic amines) is 1. The van der Waals surface area contributed by atoms with Gasteiger partial charge in [0, 0.05) is 19.5 Å². The van der Waals surface area contributed by atoms with E-state index in [2.05, 4.69) is 5.32 Å². The second-order valence-electron chi connectivity index (χ2n) is 3.69. The zero-order chi connectivity index (χ0) is 11.4. The minimum absolute atomic E-state index is 0.170. The Bertz CT molecular complexity index is 257. The first-order valence-corrected chi connectivity index (χ1v) is 5.08. The SMILES string of the molecule is CCCNC(=O)N1CC(O)CC1C(N)=O. The second kappa shape index (κ2) is 4.97. The molecule has 1 heterocycles. The van der Waals surface area contributed by atoms with Crippen molar-refractivity contribution in [1.82, 2.24) is 10.2 Å². The zero-order valence-electron chi connectivity index (χ0n) is 8.77. The van der Waals surface area contributed by atoms with E-state index in [-0.39, 0.29) is 19.0 Å². The van der Waals surface area contributed by atoms with Gasteiger partial charge in [-0.2, -0.15) is 0 Å². The quantitative estimate of drug-likeness (QED) is 0.565. The van der Waals surface area contributed by atoms with Crippen LogP contribution in [-0.2, 0) is 4.79 Å². The molecule has 0 aromatic rings. The van der Waals surface area contributed by atoms with E-state index in [0.29, 0.717) is 6.54 Å². The maximum atomic E-state index is 11.6. The van der Waals surface area contributed by atoms with Gasteiger partial charge < -0.3 is 21.1 Å². The van der Waals surface area contributed by atoms with E-state index in [1.165, 1.54) is 4.90 Å². The van der Waals surface area contributed by atoms with Crippen molar-refractivity contribution >= 4 is 11.9 Å². The molecule has 4 N–H and O–H groups in total. The number of rotatable bonds is 3. The number of amides is 3. The van der Waals surface area contributed by atoms with Crippen molar-refractivity contribution < 1.29 is 14.7 Å². The van der Waals surface area contributed by atoms with Crippen LogP contribution in [0.5, 0.6) is 0 Å². The van der Waals surface area contributed by atoms with E-state index >= 15 is 0 Å². The van der Waals surface area contributed by atoms with Gasteiger partial charge in [0.1, 0.15) is 6.04 Å². The van der Waals surface area contributed by atoms with Gasteiger partial charge in [-0.25, -0.2) is 4.79 Å². The summed E-state index contributed by atoms with van der Waals surface area (Å²) in [7, 11) is 0. The summed E-state index contributed by atoms with van der Waals surface area (Å²) in [4.78, 5) is 23.9.